The zero-order chi connectivity index (χ0) is 15.4. The summed E-state index contributed by atoms with van der Waals surface area (Å²) >= 11 is 0. The molecule has 7 heteroatoms. The van der Waals surface area contributed by atoms with E-state index >= 15 is 0 Å². The maximum Gasteiger partial charge on any atom is 0.251 e. The van der Waals surface area contributed by atoms with Gasteiger partial charge < -0.3 is 14.4 Å². The van der Waals surface area contributed by atoms with Gasteiger partial charge in [-0.25, -0.2) is 0 Å². The Labute approximate surface area is 127 Å². The van der Waals surface area contributed by atoms with Crippen molar-refractivity contribution in [2.75, 3.05) is 0 Å². The van der Waals surface area contributed by atoms with E-state index in [1.165, 1.54) is 0 Å². The van der Waals surface area contributed by atoms with Crippen molar-refractivity contribution >= 4 is 5.91 Å². The molecule has 1 amide bonds. The number of rotatable bonds is 5. The summed E-state index contributed by atoms with van der Waals surface area (Å²) in [6, 6.07) is 7.14. The molecule has 0 saturated carbocycles. The Morgan fingerprint density at radius 2 is 2.14 bits per heavy atom. The second-order valence-corrected chi connectivity index (χ2v) is 4.61. The van der Waals surface area contributed by atoms with Gasteiger partial charge in [0.05, 0.1) is 12.2 Å². The molecule has 0 bridgehead atoms. The number of pyridine rings is 1. The molecule has 0 spiro atoms. The molecule has 3 aromatic rings. The topological polar surface area (TPSA) is 85.8 Å². The Bertz CT molecular complexity index is 763. The van der Waals surface area contributed by atoms with Gasteiger partial charge in [-0.15, -0.1) is 0 Å². The van der Waals surface area contributed by atoms with Gasteiger partial charge in [0, 0.05) is 30.7 Å². The summed E-state index contributed by atoms with van der Waals surface area (Å²) in [6.45, 7) is 3.05. The first-order chi connectivity index (χ1) is 10.8. The zero-order valence-electron chi connectivity index (χ0n) is 12.1. The third-order valence-corrected chi connectivity index (χ3v) is 3.21. The molecule has 112 valence electrons. The van der Waals surface area contributed by atoms with Crippen molar-refractivity contribution in [3.05, 3.63) is 54.3 Å². The van der Waals surface area contributed by atoms with Gasteiger partial charge in [0.1, 0.15) is 0 Å². The molecule has 0 aromatic carbocycles. The standard InChI is InChI=1S/C15H15N5O2/c1-2-20-9-3-4-12(20)14-18-13(22-19-14)10-17-15(21)11-5-7-16-8-6-11/h3-9H,2,10H2,1H3,(H,17,21). The molecule has 0 radical (unpaired) electrons. The first-order valence-electron chi connectivity index (χ1n) is 6.94. The third-order valence-electron chi connectivity index (χ3n) is 3.21. The number of nitrogens with one attached hydrogen (secondary N) is 1. The van der Waals surface area contributed by atoms with Crippen LogP contribution in [0.1, 0.15) is 23.2 Å². The number of nitrogens with zero attached hydrogens (tertiary/aromatic N) is 4. The predicted octanol–water partition coefficient (Wildman–Crippen LogP) is 1.88. The van der Waals surface area contributed by atoms with Crippen LogP contribution in [0.4, 0.5) is 0 Å². The first-order valence-corrected chi connectivity index (χ1v) is 6.94. The van der Waals surface area contributed by atoms with E-state index in [1.54, 1.807) is 24.5 Å². The molecule has 22 heavy (non-hydrogen) atoms. The van der Waals surface area contributed by atoms with Crippen LogP contribution in [0.2, 0.25) is 0 Å². The van der Waals surface area contributed by atoms with E-state index < -0.39 is 0 Å². The SMILES string of the molecule is CCn1cccc1-c1noc(CNC(=O)c2ccncc2)n1. The van der Waals surface area contributed by atoms with E-state index in [9.17, 15) is 4.79 Å². The fourth-order valence-electron chi connectivity index (χ4n) is 2.08. The number of aromatic nitrogens is 4. The molecule has 3 rings (SSSR count). The monoisotopic (exact) mass is 297 g/mol. The van der Waals surface area contributed by atoms with Crippen LogP contribution >= 0.6 is 0 Å². The predicted molar refractivity (Wildman–Crippen MR) is 78.8 cm³/mol. The van der Waals surface area contributed by atoms with Crippen molar-refractivity contribution in [1.29, 1.82) is 0 Å². The lowest BCUT2D eigenvalue weighted by atomic mass is 10.2. The highest BCUT2D eigenvalue weighted by molar-refractivity contribution is 5.93. The summed E-state index contributed by atoms with van der Waals surface area (Å²) in [5.74, 6) is 0.667. The minimum atomic E-state index is -0.209. The molecule has 0 aliphatic heterocycles. The quantitative estimate of drug-likeness (QED) is 0.777. The summed E-state index contributed by atoms with van der Waals surface area (Å²) in [5, 5.41) is 6.68. The van der Waals surface area contributed by atoms with Gasteiger partial charge in [0.2, 0.25) is 11.7 Å². The molecule has 0 unspecified atom stereocenters. The number of hydrogen-bond acceptors (Lipinski definition) is 5. The minimum absolute atomic E-state index is 0.182. The lowest BCUT2D eigenvalue weighted by Crippen LogP contribution is -2.22. The Hall–Kier alpha value is -2.96. The summed E-state index contributed by atoms with van der Waals surface area (Å²) in [6.07, 6.45) is 5.09. The molecular formula is C15H15N5O2. The molecule has 0 fully saturated rings. The molecule has 7 nitrogen and oxygen atoms in total. The fourth-order valence-corrected chi connectivity index (χ4v) is 2.08. The normalized spacial score (nSPS) is 10.6. The number of hydrogen-bond donors (Lipinski definition) is 1. The van der Waals surface area contributed by atoms with Crippen LogP contribution in [0, 0.1) is 0 Å². The summed E-state index contributed by atoms with van der Waals surface area (Å²) < 4.78 is 7.19. The lowest BCUT2D eigenvalue weighted by molar-refractivity contribution is 0.0946. The average molecular weight is 297 g/mol. The van der Waals surface area contributed by atoms with Crippen LogP contribution in [0.3, 0.4) is 0 Å². The van der Waals surface area contributed by atoms with Crippen molar-refractivity contribution in [1.82, 2.24) is 25.0 Å². The van der Waals surface area contributed by atoms with E-state index in [2.05, 4.69) is 20.4 Å². The highest BCUT2D eigenvalue weighted by Crippen LogP contribution is 2.16. The van der Waals surface area contributed by atoms with Crippen LogP contribution in [-0.2, 0) is 13.1 Å². The molecular weight excluding hydrogens is 282 g/mol. The van der Waals surface area contributed by atoms with Crippen LogP contribution in [0.25, 0.3) is 11.5 Å². The Morgan fingerprint density at radius 3 is 2.91 bits per heavy atom. The van der Waals surface area contributed by atoms with Crippen LogP contribution < -0.4 is 5.32 Å². The molecule has 0 aliphatic rings. The maximum absolute atomic E-state index is 11.9. The smallest absolute Gasteiger partial charge is 0.251 e. The second-order valence-electron chi connectivity index (χ2n) is 4.61. The molecule has 3 aromatic heterocycles. The van der Waals surface area contributed by atoms with E-state index in [4.69, 9.17) is 4.52 Å². The number of carbonyl (C=O) groups is 1. The minimum Gasteiger partial charge on any atom is -0.345 e. The van der Waals surface area contributed by atoms with E-state index in [1.807, 2.05) is 29.8 Å². The molecule has 1 N–H and O–H groups in total. The summed E-state index contributed by atoms with van der Waals surface area (Å²) in [7, 11) is 0. The lowest BCUT2D eigenvalue weighted by Gasteiger charge is -2.01. The molecule has 0 saturated heterocycles. The van der Waals surface area contributed by atoms with Crippen molar-refractivity contribution < 1.29 is 9.32 Å². The first kappa shape index (κ1) is 14.0. The summed E-state index contributed by atoms with van der Waals surface area (Å²) in [4.78, 5) is 20.1. The molecule has 0 atom stereocenters. The highest BCUT2D eigenvalue weighted by atomic mass is 16.5. The van der Waals surface area contributed by atoms with Crippen LogP contribution in [0.15, 0.2) is 47.4 Å². The van der Waals surface area contributed by atoms with Gasteiger partial charge in [-0.05, 0) is 31.2 Å². The molecule has 0 aliphatic carbocycles. The van der Waals surface area contributed by atoms with Gasteiger partial charge in [0.25, 0.3) is 5.91 Å². The third kappa shape index (κ3) is 2.88. The van der Waals surface area contributed by atoms with Crippen molar-refractivity contribution in [2.24, 2.45) is 0 Å². The van der Waals surface area contributed by atoms with E-state index in [0.717, 1.165) is 12.2 Å². The Kier molecular flexibility index (Phi) is 3.95. The van der Waals surface area contributed by atoms with Gasteiger partial charge >= 0.3 is 0 Å². The second kappa shape index (κ2) is 6.21. The number of carbonyl (C=O) groups excluding carboxylic acids is 1. The van der Waals surface area contributed by atoms with Gasteiger partial charge in [-0.1, -0.05) is 5.16 Å². The van der Waals surface area contributed by atoms with Gasteiger partial charge in [-0.3, -0.25) is 9.78 Å². The van der Waals surface area contributed by atoms with Crippen LogP contribution in [0.5, 0.6) is 0 Å². The largest absolute Gasteiger partial charge is 0.345 e. The van der Waals surface area contributed by atoms with E-state index in [0.29, 0.717) is 17.3 Å². The molecule has 3 heterocycles. The summed E-state index contributed by atoms with van der Waals surface area (Å²) in [5.41, 5.74) is 1.42. The van der Waals surface area contributed by atoms with Crippen molar-refractivity contribution in [3.63, 3.8) is 0 Å². The Balaban J connectivity index is 1.66. The highest BCUT2D eigenvalue weighted by Gasteiger charge is 2.13. The Morgan fingerprint density at radius 1 is 1.32 bits per heavy atom. The van der Waals surface area contributed by atoms with Crippen LogP contribution in [-0.4, -0.2) is 25.6 Å². The number of amides is 1. The zero-order valence-corrected chi connectivity index (χ0v) is 12.1. The van der Waals surface area contributed by atoms with Gasteiger partial charge in [0.15, 0.2) is 0 Å². The number of aryl methyl sites for hydroxylation is 1. The fraction of sp³-hybridized carbons (Fsp3) is 0.200. The maximum atomic E-state index is 11.9. The average Bonchev–Trinajstić information content (AvgIpc) is 3.21. The van der Waals surface area contributed by atoms with Gasteiger partial charge in [-0.2, -0.15) is 4.98 Å². The van der Waals surface area contributed by atoms with Crippen molar-refractivity contribution in [3.8, 4) is 11.5 Å². The van der Waals surface area contributed by atoms with E-state index in [-0.39, 0.29) is 12.5 Å². The van der Waals surface area contributed by atoms with Crippen molar-refractivity contribution in [2.45, 2.75) is 20.0 Å².